The first-order valence-corrected chi connectivity index (χ1v) is 9.81. The van der Waals surface area contributed by atoms with Crippen molar-refractivity contribution in [3.8, 4) is 5.75 Å². The van der Waals surface area contributed by atoms with E-state index in [0.29, 0.717) is 23.6 Å². The van der Waals surface area contributed by atoms with Crippen LogP contribution in [0.5, 0.6) is 5.75 Å². The Kier molecular flexibility index (Phi) is 6.33. The van der Waals surface area contributed by atoms with E-state index in [0.717, 1.165) is 32.5 Å². The molecule has 0 saturated carbocycles. The Morgan fingerprint density at radius 3 is 2.54 bits per heavy atom. The van der Waals surface area contributed by atoms with Gasteiger partial charge in [0.25, 0.3) is 0 Å². The van der Waals surface area contributed by atoms with Crippen LogP contribution >= 0.6 is 0 Å². The molecule has 1 heterocycles. The average Bonchev–Trinajstić information content (AvgIpc) is 2.63. The molecule has 3 atom stereocenters. The van der Waals surface area contributed by atoms with Crippen LogP contribution < -0.4 is 0 Å². The molecule has 1 fully saturated rings. The van der Waals surface area contributed by atoms with Gasteiger partial charge in [0.05, 0.1) is 0 Å². The molecule has 1 aliphatic heterocycles. The zero-order valence-corrected chi connectivity index (χ0v) is 16.3. The molecule has 1 saturated heterocycles. The number of rotatable bonds is 6. The normalized spacial score (nSPS) is 22.5. The van der Waals surface area contributed by atoms with Crippen LogP contribution in [-0.2, 0) is 0 Å². The molecule has 0 bridgehead atoms. The van der Waals surface area contributed by atoms with E-state index < -0.39 is 0 Å². The third-order valence-corrected chi connectivity index (χ3v) is 5.68. The Bertz CT molecular complexity index is 686. The number of phenolic OH excluding ortho intramolecular Hbond substituents is 1. The molecule has 0 amide bonds. The number of nitrogens with zero attached hydrogens (tertiary/aromatic N) is 2. The lowest BCUT2D eigenvalue weighted by Crippen LogP contribution is -2.44. The van der Waals surface area contributed by atoms with Gasteiger partial charge < -0.3 is 10.0 Å². The molecule has 0 aromatic heterocycles. The van der Waals surface area contributed by atoms with Gasteiger partial charge in [-0.2, -0.15) is 0 Å². The van der Waals surface area contributed by atoms with Gasteiger partial charge in [-0.15, -0.1) is 0 Å². The van der Waals surface area contributed by atoms with Crippen molar-refractivity contribution < 1.29 is 5.11 Å². The highest BCUT2D eigenvalue weighted by molar-refractivity contribution is 5.31. The van der Waals surface area contributed by atoms with E-state index in [1.54, 1.807) is 6.07 Å². The van der Waals surface area contributed by atoms with Gasteiger partial charge in [-0.3, -0.25) is 4.90 Å². The molecule has 3 unspecified atom stereocenters. The highest BCUT2D eigenvalue weighted by Crippen LogP contribution is 2.38. The number of piperidine rings is 1. The van der Waals surface area contributed by atoms with Crippen LogP contribution in [0.3, 0.4) is 0 Å². The topological polar surface area (TPSA) is 26.7 Å². The highest BCUT2D eigenvalue weighted by Gasteiger charge is 2.33. The van der Waals surface area contributed by atoms with Crippen LogP contribution in [-0.4, -0.2) is 48.6 Å². The van der Waals surface area contributed by atoms with Crippen molar-refractivity contribution in [3.05, 3.63) is 65.7 Å². The van der Waals surface area contributed by atoms with E-state index in [4.69, 9.17) is 0 Å². The molecule has 1 aliphatic rings. The number of hydrogen-bond acceptors (Lipinski definition) is 3. The molecule has 140 valence electrons. The summed E-state index contributed by atoms with van der Waals surface area (Å²) in [5.74, 6) is 1.46. The summed E-state index contributed by atoms with van der Waals surface area (Å²) in [4.78, 5) is 4.97. The standard InChI is InChI=1S/C23H32N2O/c1-4-23(18-9-6-5-7-10-18)25-14-13-22(20(17-25)16-24(2)3)19-11-8-12-21(26)15-19/h5-12,15,20,22-23,26H,4,13-14,16-17H2,1-3H3. The van der Waals surface area contributed by atoms with Gasteiger partial charge in [0, 0.05) is 19.1 Å². The summed E-state index contributed by atoms with van der Waals surface area (Å²) < 4.78 is 0. The minimum Gasteiger partial charge on any atom is -0.508 e. The summed E-state index contributed by atoms with van der Waals surface area (Å²) in [5.41, 5.74) is 2.71. The van der Waals surface area contributed by atoms with Crippen LogP contribution in [0.4, 0.5) is 0 Å². The first kappa shape index (κ1) is 18.9. The molecular weight excluding hydrogens is 320 g/mol. The molecule has 2 aromatic carbocycles. The maximum atomic E-state index is 9.92. The van der Waals surface area contributed by atoms with E-state index in [1.807, 2.05) is 12.1 Å². The summed E-state index contributed by atoms with van der Waals surface area (Å²) in [6.07, 6.45) is 2.28. The molecule has 26 heavy (non-hydrogen) atoms. The number of hydrogen-bond donors (Lipinski definition) is 1. The molecule has 0 spiro atoms. The SMILES string of the molecule is CCC(c1ccccc1)N1CCC(c2cccc(O)c2)C(CN(C)C)C1. The van der Waals surface area contributed by atoms with Crippen molar-refractivity contribution in [2.24, 2.45) is 5.92 Å². The van der Waals surface area contributed by atoms with E-state index in [1.165, 1.54) is 11.1 Å². The second-order valence-electron chi connectivity index (χ2n) is 7.84. The van der Waals surface area contributed by atoms with Crippen molar-refractivity contribution in [2.45, 2.75) is 31.7 Å². The predicted octanol–water partition coefficient (Wildman–Crippen LogP) is 4.51. The monoisotopic (exact) mass is 352 g/mol. The molecule has 0 radical (unpaired) electrons. The lowest BCUT2D eigenvalue weighted by Gasteiger charge is -2.43. The Hall–Kier alpha value is -1.84. The zero-order valence-electron chi connectivity index (χ0n) is 16.3. The first-order valence-electron chi connectivity index (χ1n) is 9.81. The predicted molar refractivity (Wildman–Crippen MR) is 109 cm³/mol. The highest BCUT2D eigenvalue weighted by atomic mass is 16.3. The first-order chi connectivity index (χ1) is 12.6. The lowest BCUT2D eigenvalue weighted by atomic mass is 9.79. The largest absolute Gasteiger partial charge is 0.508 e. The molecule has 3 rings (SSSR count). The summed E-state index contributed by atoms with van der Waals surface area (Å²) in [5, 5.41) is 9.92. The van der Waals surface area contributed by atoms with Gasteiger partial charge >= 0.3 is 0 Å². The Morgan fingerprint density at radius 2 is 1.88 bits per heavy atom. The third-order valence-electron chi connectivity index (χ3n) is 5.68. The number of aromatic hydroxyl groups is 1. The lowest BCUT2D eigenvalue weighted by molar-refractivity contribution is 0.0899. The van der Waals surface area contributed by atoms with E-state index in [-0.39, 0.29) is 0 Å². The van der Waals surface area contributed by atoms with Crippen molar-refractivity contribution in [1.29, 1.82) is 0 Å². The molecule has 3 nitrogen and oxygen atoms in total. The molecule has 0 aliphatic carbocycles. The Morgan fingerprint density at radius 1 is 1.12 bits per heavy atom. The van der Waals surface area contributed by atoms with Crippen LogP contribution in [0.2, 0.25) is 0 Å². The third kappa shape index (κ3) is 4.46. The summed E-state index contributed by atoms with van der Waals surface area (Å²) in [7, 11) is 4.32. The van der Waals surface area contributed by atoms with Crippen molar-refractivity contribution >= 4 is 0 Å². The van der Waals surface area contributed by atoms with Crippen LogP contribution in [0.1, 0.15) is 42.9 Å². The molecule has 2 aromatic rings. The van der Waals surface area contributed by atoms with Crippen molar-refractivity contribution in [3.63, 3.8) is 0 Å². The minimum atomic E-state index is 0.379. The summed E-state index contributed by atoms with van der Waals surface area (Å²) in [6.45, 7) is 5.57. The molecule has 1 N–H and O–H groups in total. The maximum absolute atomic E-state index is 9.92. The van der Waals surface area contributed by atoms with E-state index in [9.17, 15) is 5.11 Å². The minimum absolute atomic E-state index is 0.379. The van der Waals surface area contributed by atoms with Crippen LogP contribution in [0.15, 0.2) is 54.6 Å². The Labute approximate surface area is 158 Å². The van der Waals surface area contributed by atoms with E-state index in [2.05, 4.69) is 67.2 Å². The fourth-order valence-electron chi connectivity index (χ4n) is 4.57. The fraction of sp³-hybridized carbons (Fsp3) is 0.478. The van der Waals surface area contributed by atoms with Crippen molar-refractivity contribution in [1.82, 2.24) is 9.80 Å². The van der Waals surface area contributed by atoms with Crippen LogP contribution in [0.25, 0.3) is 0 Å². The average molecular weight is 353 g/mol. The van der Waals surface area contributed by atoms with Gasteiger partial charge in [-0.05, 0) is 68.6 Å². The van der Waals surface area contributed by atoms with Gasteiger partial charge in [-0.25, -0.2) is 0 Å². The fourth-order valence-corrected chi connectivity index (χ4v) is 4.57. The number of benzene rings is 2. The van der Waals surface area contributed by atoms with Gasteiger partial charge in [0.1, 0.15) is 5.75 Å². The number of likely N-dealkylation sites (tertiary alicyclic amines) is 1. The van der Waals surface area contributed by atoms with Gasteiger partial charge in [0.2, 0.25) is 0 Å². The second kappa shape index (κ2) is 8.70. The molecular formula is C23H32N2O. The van der Waals surface area contributed by atoms with Gasteiger partial charge in [-0.1, -0.05) is 49.4 Å². The number of phenols is 1. The Balaban J connectivity index is 1.81. The van der Waals surface area contributed by atoms with E-state index >= 15 is 0 Å². The summed E-state index contributed by atoms with van der Waals surface area (Å²) in [6, 6.07) is 19.3. The maximum Gasteiger partial charge on any atom is 0.115 e. The smallest absolute Gasteiger partial charge is 0.115 e. The summed E-state index contributed by atoms with van der Waals surface area (Å²) >= 11 is 0. The quantitative estimate of drug-likeness (QED) is 0.828. The van der Waals surface area contributed by atoms with Crippen LogP contribution in [0, 0.1) is 5.92 Å². The zero-order chi connectivity index (χ0) is 18.5. The second-order valence-corrected chi connectivity index (χ2v) is 7.84. The van der Waals surface area contributed by atoms with Crippen molar-refractivity contribution in [2.75, 3.05) is 33.7 Å². The molecule has 3 heteroatoms. The van der Waals surface area contributed by atoms with Gasteiger partial charge in [0.15, 0.2) is 0 Å².